The Morgan fingerprint density at radius 3 is 3.00 bits per heavy atom. The summed E-state index contributed by atoms with van der Waals surface area (Å²) in [6.07, 6.45) is 1.71. The van der Waals surface area contributed by atoms with Crippen molar-refractivity contribution in [2.45, 2.75) is 38.3 Å². The molecule has 2 rings (SSSR count). The van der Waals surface area contributed by atoms with Crippen LogP contribution in [0.5, 0.6) is 0 Å². The molecule has 3 atom stereocenters. The molecule has 0 saturated heterocycles. The number of amides is 1. The first-order valence-electron chi connectivity index (χ1n) is 6.89. The fourth-order valence-electron chi connectivity index (χ4n) is 2.60. The van der Waals surface area contributed by atoms with Crippen molar-refractivity contribution in [3.05, 3.63) is 35.4 Å². The molecule has 4 heteroatoms. The molecule has 0 radical (unpaired) electrons. The Morgan fingerprint density at radius 1 is 1.53 bits per heavy atom. The molecule has 0 saturated carbocycles. The highest BCUT2D eigenvalue weighted by atomic mass is 16.3. The smallest absolute Gasteiger partial charge is 0.223 e. The van der Waals surface area contributed by atoms with Gasteiger partial charge in [-0.25, -0.2) is 0 Å². The van der Waals surface area contributed by atoms with E-state index in [4.69, 9.17) is 5.73 Å². The predicted octanol–water partition coefficient (Wildman–Crippen LogP) is 1.14. The summed E-state index contributed by atoms with van der Waals surface area (Å²) in [4.78, 5) is 12.1. The number of nitrogens with one attached hydrogen (secondary N) is 1. The van der Waals surface area contributed by atoms with Gasteiger partial charge in [-0.1, -0.05) is 31.2 Å². The van der Waals surface area contributed by atoms with Gasteiger partial charge in [-0.05, 0) is 30.5 Å². The van der Waals surface area contributed by atoms with Crippen molar-refractivity contribution in [2.24, 2.45) is 11.7 Å². The summed E-state index contributed by atoms with van der Waals surface area (Å²) in [6, 6.07) is 7.60. The van der Waals surface area contributed by atoms with E-state index in [1.165, 1.54) is 0 Å². The van der Waals surface area contributed by atoms with E-state index in [0.717, 1.165) is 24.0 Å². The van der Waals surface area contributed by atoms with Crippen molar-refractivity contribution < 1.29 is 9.90 Å². The molecule has 19 heavy (non-hydrogen) atoms. The van der Waals surface area contributed by atoms with Gasteiger partial charge in [0, 0.05) is 12.3 Å². The summed E-state index contributed by atoms with van der Waals surface area (Å²) in [5.41, 5.74) is 7.61. The topological polar surface area (TPSA) is 75.4 Å². The van der Waals surface area contributed by atoms with Crippen molar-refractivity contribution in [2.75, 3.05) is 6.54 Å². The van der Waals surface area contributed by atoms with Gasteiger partial charge in [0.25, 0.3) is 0 Å². The van der Waals surface area contributed by atoms with E-state index in [0.29, 0.717) is 13.0 Å². The summed E-state index contributed by atoms with van der Waals surface area (Å²) in [6.45, 7) is 2.50. The quantitative estimate of drug-likeness (QED) is 0.744. The molecule has 104 valence electrons. The third-order valence-corrected chi connectivity index (χ3v) is 3.79. The molecule has 0 aliphatic heterocycles. The van der Waals surface area contributed by atoms with Gasteiger partial charge in [-0.2, -0.15) is 0 Å². The molecule has 4 nitrogen and oxygen atoms in total. The molecule has 1 aromatic rings. The zero-order valence-electron chi connectivity index (χ0n) is 11.3. The van der Waals surface area contributed by atoms with Crippen LogP contribution in [0.3, 0.4) is 0 Å². The van der Waals surface area contributed by atoms with Gasteiger partial charge < -0.3 is 16.2 Å². The summed E-state index contributed by atoms with van der Waals surface area (Å²) in [7, 11) is 0. The zero-order valence-corrected chi connectivity index (χ0v) is 11.3. The molecule has 1 aromatic carbocycles. The minimum Gasteiger partial charge on any atom is -0.390 e. The largest absolute Gasteiger partial charge is 0.390 e. The third-order valence-electron chi connectivity index (χ3n) is 3.79. The van der Waals surface area contributed by atoms with Crippen LogP contribution in [0.4, 0.5) is 0 Å². The average molecular weight is 262 g/mol. The molecule has 4 N–H and O–H groups in total. The van der Waals surface area contributed by atoms with E-state index >= 15 is 0 Å². The molecule has 1 amide bonds. The maximum Gasteiger partial charge on any atom is 0.223 e. The third kappa shape index (κ3) is 3.14. The van der Waals surface area contributed by atoms with Crippen LogP contribution in [0.25, 0.3) is 0 Å². The second-order valence-corrected chi connectivity index (χ2v) is 5.29. The number of nitrogens with two attached hydrogens (primary N) is 1. The minimum absolute atomic E-state index is 0.00537. The van der Waals surface area contributed by atoms with E-state index in [1.54, 1.807) is 0 Å². The Kier molecular flexibility index (Phi) is 4.56. The molecule has 0 fully saturated rings. The summed E-state index contributed by atoms with van der Waals surface area (Å²) in [5.74, 6) is -0.0716. The van der Waals surface area contributed by atoms with Crippen LogP contribution in [0.1, 0.15) is 36.9 Å². The Hall–Kier alpha value is -1.39. The molecule has 1 aliphatic carbocycles. The zero-order chi connectivity index (χ0) is 13.8. The number of carbonyl (C=O) groups excluding carboxylic acids is 1. The number of aliphatic hydroxyl groups is 1. The standard InChI is InChI=1S/C15H22N2O2/c1-10(5-4-8-16)15(19)17-14-12-7-3-2-6-11(12)9-13(14)18/h2-3,6-7,10,13-14,18H,4-5,8-9,16H2,1H3,(H,17,19). The van der Waals surface area contributed by atoms with Gasteiger partial charge in [0.15, 0.2) is 0 Å². The first-order valence-corrected chi connectivity index (χ1v) is 6.89. The summed E-state index contributed by atoms with van der Waals surface area (Å²) >= 11 is 0. The van der Waals surface area contributed by atoms with Gasteiger partial charge in [0.2, 0.25) is 5.91 Å². The molecular formula is C15H22N2O2. The van der Waals surface area contributed by atoms with Crippen LogP contribution >= 0.6 is 0 Å². The van der Waals surface area contributed by atoms with Crippen molar-refractivity contribution in [1.29, 1.82) is 0 Å². The summed E-state index contributed by atoms with van der Waals surface area (Å²) in [5, 5.41) is 13.0. The normalized spacial score (nSPS) is 22.9. The lowest BCUT2D eigenvalue weighted by Crippen LogP contribution is -2.37. The Labute approximate surface area is 114 Å². The minimum atomic E-state index is -0.525. The number of aliphatic hydroxyl groups excluding tert-OH is 1. The maximum atomic E-state index is 12.1. The second-order valence-electron chi connectivity index (χ2n) is 5.29. The highest BCUT2D eigenvalue weighted by Crippen LogP contribution is 2.31. The highest BCUT2D eigenvalue weighted by molar-refractivity contribution is 5.79. The van der Waals surface area contributed by atoms with Crippen LogP contribution in [0.15, 0.2) is 24.3 Å². The predicted molar refractivity (Wildman–Crippen MR) is 74.5 cm³/mol. The van der Waals surface area contributed by atoms with Crippen LogP contribution in [0.2, 0.25) is 0 Å². The molecule has 0 heterocycles. The maximum absolute atomic E-state index is 12.1. The number of hydrogen-bond acceptors (Lipinski definition) is 3. The van der Waals surface area contributed by atoms with Gasteiger partial charge in [-0.3, -0.25) is 4.79 Å². The second kappa shape index (κ2) is 6.17. The molecular weight excluding hydrogens is 240 g/mol. The van der Waals surface area contributed by atoms with Gasteiger partial charge in [-0.15, -0.1) is 0 Å². The Bertz CT molecular complexity index is 448. The average Bonchev–Trinajstić information content (AvgIpc) is 2.72. The lowest BCUT2D eigenvalue weighted by atomic mass is 10.0. The van der Waals surface area contributed by atoms with E-state index < -0.39 is 6.10 Å². The highest BCUT2D eigenvalue weighted by Gasteiger charge is 2.32. The number of fused-ring (bicyclic) bond motifs is 1. The molecule has 1 aliphatic rings. The molecule has 3 unspecified atom stereocenters. The van der Waals surface area contributed by atoms with Crippen molar-refractivity contribution in [3.63, 3.8) is 0 Å². The number of carbonyl (C=O) groups is 1. The SMILES string of the molecule is CC(CCCN)C(=O)NC1c2ccccc2CC1O. The van der Waals surface area contributed by atoms with Crippen LogP contribution < -0.4 is 11.1 Å². The van der Waals surface area contributed by atoms with Crippen LogP contribution in [0, 0.1) is 5.92 Å². The fraction of sp³-hybridized carbons (Fsp3) is 0.533. The molecule has 0 spiro atoms. The molecule has 0 bridgehead atoms. The first-order chi connectivity index (χ1) is 9.13. The van der Waals surface area contributed by atoms with Gasteiger partial charge in [0.1, 0.15) is 0 Å². The monoisotopic (exact) mass is 262 g/mol. The number of hydrogen-bond donors (Lipinski definition) is 3. The molecule has 0 aromatic heterocycles. The lowest BCUT2D eigenvalue weighted by Gasteiger charge is -2.20. The van der Waals surface area contributed by atoms with Gasteiger partial charge in [0.05, 0.1) is 12.1 Å². The van der Waals surface area contributed by atoms with Crippen molar-refractivity contribution >= 4 is 5.91 Å². The van der Waals surface area contributed by atoms with E-state index in [2.05, 4.69) is 5.32 Å². The van der Waals surface area contributed by atoms with Crippen molar-refractivity contribution in [1.82, 2.24) is 5.32 Å². The lowest BCUT2D eigenvalue weighted by molar-refractivity contribution is -0.126. The van der Waals surface area contributed by atoms with E-state index in [9.17, 15) is 9.90 Å². The van der Waals surface area contributed by atoms with Crippen molar-refractivity contribution in [3.8, 4) is 0 Å². The first kappa shape index (κ1) is 14.0. The Balaban J connectivity index is 2.01. The number of benzene rings is 1. The van der Waals surface area contributed by atoms with Gasteiger partial charge >= 0.3 is 0 Å². The number of rotatable bonds is 5. The van der Waals surface area contributed by atoms with Crippen LogP contribution in [-0.2, 0) is 11.2 Å². The van der Waals surface area contributed by atoms with Crippen LogP contribution in [-0.4, -0.2) is 23.7 Å². The van der Waals surface area contributed by atoms with E-state index in [-0.39, 0.29) is 17.9 Å². The fourth-order valence-corrected chi connectivity index (χ4v) is 2.60. The Morgan fingerprint density at radius 2 is 2.26 bits per heavy atom. The van der Waals surface area contributed by atoms with E-state index in [1.807, 2.05) is 31.2 Å². The summed E-state index contributed by atoms with van der Waals surface area (Å²) < 4.78 is 0.